The summed E-state index contributed by atoms with van der Waals surface area (Å²) in [5.41, 5.74) is 5.82. The number of carbonyl (C=O) groups is 2. The number of nitrogens with two attached hydrogens (primary N) is 1. The van der Waals surface area contributed by atoms with Gasteiger partial charge in [-0.15, -0.1) is 0 Å². The van der Waals surface area contributed by atoms with E-state index in [0.29, 0.717) is 30.2 Å². The number of rotatable bonds is 4. The predicted octanol–water partition coefficient (Wildman–Crippen LogP) is 1.61. The van der Waals surface area contributed by atoms with Crippen molar-refractivity contribution in [3.05, 3.63) is 0 Å². The van der Waals surface area contributed by atoms with Gasteiger partial charge < -0.3 is 15.5 Å². The van der Waals surface area contributed by atoms with Gasteiger partial charge in [0.1, 0.15) is 0 Å². The Morgan fingerprint density at radius 1 is 1.04 bits per heavy atom. The molecule has 1 saturated carbocycles. The quantitative estimate of drug-likeness (QED) is 0.855. The lowest BCUT2D eigenvalue weighted by molar-refractivity contribution is -0.139. The Bertz CT molecular complexity index is 432. The van der Waals surface area contributed by atoms with E-state index in [1.807, 2.05) is 4.90 Å². The van der Waals surface area contributed by atoms with Gasteiger partial charge in [-0.25, -0.2) is 0 Å². The minimum Gasteiger partial charge on any atom is -0.342 e. The average Bonchev–Trinajstić information content (AvgIpc) is 3.05. The second-order valence-corrected chi connectivity index (χ2v) is 7.60. The zero-order chi connectivity index (χ0) is 16.2. The minimum atomic E-state index is 0.167. The molecular formula is C18H31N3O2. The molecule has 5 nitrogen and oxygen atoms in total. The van der Waals surface area contributed by atoms with Crippen molar-refractivity contribution < 1.29 is 9.59 Å². The molecule has 2 saturated heterocycles. The van der Waals surface area contributed by atoms with Crippen molar-refractivity contribution in [3.63, 3.8) is 0 Å². The van der Waals surface area contributed by atoms with Crippen LogP contribution >= 0.6 is 0 Å². The molecule has 3 fully saturated rings. The topological polar surface area (TPSA) is 66.6 Å². The van der Waals surface area contributed by atoms with Crippen LogP contribution in [-0.4, -0.2) is 54.3 Å². The highest BCUT2D eigenvalue weighted by atomic mass is 16.2. The van der Waals surface area contributed by atoms with E-state index in [1.165, 1.54) is 0 Å². The van der Waals surface area contributed by atoms with E-state index >= 15 is 0 Å². The number of hydrogen-bond acceptors (Lipinski definition) is 3. The summed E-state index contributed by atoms with van der Waals surface area (Å²) in [5.74, 6) is 1.79. The summed E-state index contributed by atoms with van der Waals surface area (Å²) in [6.07, 6.45) is 8.26. The Morgan fingerprint density at radius 3 is 2.52 bits per heavy atom. The highest BCUT2D eigenvalue weighted by Gasteiger charge is 2.36. The molecule has 2 atom stereocenters. The molecule has 0 aromatic rings. The van der Waals surface area contributed by atoms with Crippen molar-refractivity contribution in [3.8, 4) is 0 Å². The van der Waals surface area contributed by atoms with Crippen LogP contribution in [0.25, 0.3) is 0 Å². The molecule has 0 unspecified atom stereocenters. The van der Waals surface area contributed by atoms with Gasteiger partial charge in [0.2, 0.25) is 11.8 Å². The van der Waals surface area contributed by atoms with Gasteiger partial charge in [-0.2, -0.15) is 0 Å². The summed E-state index contributed by atoms with van der Waals surface area (Å²) in [5, 5.41) is 0. The second-order valence-electron chi connectivity index (χ2n) is 7.60. The van der Waals surface area contributed by atoms with E-state index in [-0.39, 0.29) is 5.92 Å². The molecule has 0 aromatic heterocycles. The first-order valence-corrected chi connectivity index (χ1v) is 9.45. The lowest BCUT2D eigenvalue weighted by Gasteiger charge is -2.37. The Kier molecular flexibility index (Phi) is 5.57. The third-order valence-electron chi connectivity index (χ3n) is 6.11. The number of hydrogen-bond donors (Lipinski definition) is 1. The smallest absolute Gasteiger partial charge is 0.226 e. The number of piperidine rings is 2. The highest BCUT2D eigenvalue weighted by molar-refractivity contribution is 5.79. The van der Waals surface area contributed by atoms with Crippen molar-refractivity contribution in [1.82, 2.24) is 9.80 Å². The molecule has 5 heteroatoms. The molecule has 23 heavy (non-hydrogen) atoms. The van der Waals surface area contributed by atoms with Gasteiger partial charge in [0.25, 0.3) is 0 Å². The monoisotopic (exact) mass is 321 g/mol. The van der Waals surface area contributed by atoms with E-state index < -0.39 is 0 Å². The Morgan fingerprint density at radius 2 is 1.83 bits per heavy atom. The van der Waals surface area contributed by atoms with Gasteiger partial charge in [-0.3, -0.25) is 9.59 Å². The Labute approximate surface area is 139 Å². The molecule has 1 aliphatic carbocycles. The number of nitrogens with zero attached hydrogens (tertiary/aromatic N) is 2. The standard InChI is InChI=1S/C18H31N3O2/c19-12-15-4-3-5-16(15)18(23)20-10-7-14(8-11-20)13-21-9-2-1-6-17(21)22/h14-16H,1-13,19H2/t15-,16-/m1/s1. The first kappa shape index (κ1) is 16.7. The number of likely N-dealkylation sites (tertiary alicyclic amines) is 2. The lowest BCUT2D eigenvalue weighted by atomic mass is 9.91. The molecular weight excluding hydrogens is 290 g/mol. The Hall–Kier alpha value is -1.10. The molecule has 0 bridgehead atoms. The van der Waals surface area contributed by atoms with Crippen LogP contribution < -0.4 is 5.73 Å². The van der Waals surface area contributed by atoms with Gasteiger partial charge in [0.15, 0.2) is 0 Å². The van der Waals surface area contributed by atoms with Gasteiger partial charge >= 0.3 is 0 Å². The zero-order valence-corrected chi connectivity index (χ0v) is 14.2. The summed E-state index contributed by atoms with van der Waals surface area (Å²) in [7, 11) is 0. The zero-order valence-electron chi connectivity index (χ0n) is 14.2. The normalized spacial score (nSPS) is 30.0. The summed E-state index contributed by atoms with van der Waals surface area (Å²) >= 11 is 0. The van der Waals surface area contributed by atoms with Crippen molar-refractivity contribution >= 4 is 11.8 Å². The molecule has 3 rings (SSSR count). The van der Waals surface area contributed by atoms with E-state index in [0.717, 1.165) is 77.5 Å². The van der Waals surface area contributed by atoms with Crippen LogP contribution in [0.2, 0.25) is 0 Å². The molecule has 3 aliphatic rings. The largest absolute Gasteiger partial charge is 0.342 e. The van der Waals surface area contributed by atoms with E-state index in [1.54, 1.807) is 0 Å². The van der Waals surface area contributed by atoms with Crippen molar-refractivity contribution in [2.24, 2.45) is 23.5 Å². The SMILES string of the molecule is NC[C@H]1CCC[C@H]1C(=O)N1CCC(CN2CCCCC2=O)CC1. The fourth-order valence-corrected chi connectivity index (χ4v) is 4.58. The van der Waals surface area contributed by atoms with Crippen LogP contribution in [-0.2, 0) is 9.59 Å². The van der Waals surface area contributed by atoms with Crippen LogP contribution in [0, 0.1) is 17.8 Å². The molecule has 2 amide bonds. The van der Waals surface area contributed by atoms with Crippen LogP contribution in [0.15, 0.2) is 0 Å². The summed E-state index contributed by atoms with van der Waals surface area (Å²) < 4.78 is 0. The number of carbonyl (C=O) groups excluding carboxylic acids is 2. The molecule has 0 aromatic carbocycles. The van der Waals surface area contributed by atoms with Crippen LogP contribution in [0.4, 0.5) is 0 Å². The minimum absolute atomic E-state index is 0.167. The van der Waals surface area contributed by atoms with Crippen LogP contribution in [0.1, 0.15) is 51.4 Å². The fraction of sp³-hybridized carbons (Fsp3) is 0.889. The summed E-state index contributed by atoms with van der Waals surface area (Å²) in [6, 6.07) is 0. The second kappa shape index (κ2) is 7.65. The third kappa shape index (κ3) is 3.87. The summed E-state index contributed by atoms with van der Waals surface area (Å²) in [4.78, 5) is 28.8. The number of amides is 2. The third-order valence-corrected chi connectivity index (χ3v) is 6.11. The van der Waals surface area contributed by atoms with Crippen LogP contribution in [0.5, 0.6) is 0 Å². The molecule has 2 aliphatic heterocycles. The molecule has 0 spiro atoms. The lowest BCUT2D eigenvalue weighted by Crippen LogP contribution is -2.46. The first-order valence-electron chi connectivity index (χ1n) is 9.45. The van der Waals surface area contributed by atoms with Crippen molar-refractivity contribution in [2.45, 2.75) is 51.4 Å². The van der Waals surface area contributed by atoms with Crippen molar-refractivity contribution in [2.75, 3.05) is 32.7 Å². The summed E-state index contributed by atoms with van der Waals surface area (Å²) in [6.45, 7) is 4.19. The van der Waals surface area contributed by atoms with Crippen LogP contribution in [0.3, 0.4) is 0 Å². The van der Waals surface area contributed by atoms with E-state index in [4.69, 9.17) is 5.73 Å². The first-order chi connectivity index (χ1) is 11.2. The highest BCUT2D eigenvalue weighted by Crippen LogP contribution is 2.33. The fourth-order valence-electron chi connectivity index (χ4n) is 4.58. The maximum atomic E-state index is 12.7. The van der Waals surface area contributed by atoms with Gasteiger partial charge in [0, 0.05) is 38.5 Å². The van der Waals surface area contributed by atoms with E-state index in [2.05, 4.69) is 4.90 Å². The van der Waals surface area contributed by atoms with Crippen molar-refractivity contribution in [1.29, 1.82) is 0 Å². The average molecular weight is 321 g/mol. The van der Waals surface area contributed by atoms with E-state index in [9.17, 15) is 9.59 Å². The maximum Gasteiger partial charge on any atom is 0.226 e. The molecule has 0 radical (unpaired) electrons. The van der Waals surface area contributed by atoms with Gasteiger partial charge in [-0.1, -0.05) is 6.42 Å². The molecule has 130 valence electrons. The Balaban J connectivity index is 1.46. The molecule has 2 N–H and O–H groups in total. The van der Waals surface area contributed by atoms with Gasteiger partial charge in [0.05, 0.1) is 0 Å². The molecule has 2 heterocycles. The van der Waals surface area contributed by atoms with Gasteiger partial charge in [-0.05, 0) is 56.9 Å². The maximum absolute atomic E-state index is 12.7. The predicted molar refractivity (Wildman–Crippen MR) is 89.6 cm³/mol.